The highest BCUT2D eigenvalue weighted by Gasteiger charge is 2.25. The Labute approximate surface area is 378 Å². The number of methoxy groups -OCH3 is 1. The lowest BCUT2D eigenvalue weighted by molar-refractivity contribution is 0.413. The van der Waals surface area contributed by atoms with E-state index in [-0.39, 0.29) is 11.3 Å². The van der Waals surface area contributed by atoms with Gasteiger partial charge in [-0.05, 0) is 137 Å². The van der Waals surface area contributed by atoms with Crippen LogP contribution >= 0.6 is 0 Å². The van der Waals surface area contributed by atoms with Gasteiger partial charge in [-0.2, -0.15) is 0 Å². The van der Waals surface area contributed by atoms with E-state index in [1.165, 1.54) is 0 Å². The molecule has 0 saturated carbocycles. The second-order valence-electron chi connectivity index (χ2n) is 16.2. The normalized spacial score (nSPS) is 15.1. The molecular weight excluding hydrogens is 743 g/mol. The molecule has 4 nitrogen and oxygen atoms in total. The van der Waals surface area contributed by atoms with Crippen LogP contribution in [0, 0.1) is 27.6 Å². The van der Waals surface area contributed by atoms with Gasteiger partial charge in [-0.25, -0.2) is 4.98 Å². The van der Waals surface area contributed by atoms with Crippen molar-refractivity contribution in [3.05, 3.63) is 192 Å². The molecule has 0 aliphatic carbocycles. The Bertz CT molecular complexity index is 3680. The van der Waals surface area contributed by atoms with E-state index in [9.17, 15) is 1.37 Å². The van der Waals surface area contributed by atoms with E-state index in [1.807, 2.05) is 148 Å². The van der Waals surface area contributed by atoms with Crippen LogP contribution < -0.4 is 4.74 Å². The predicted octanol–water partition coefficient (Wildman–Crippen LogP) is 15.0. The van der Waals surface area contributed by atoms with Crippen LogP contribution in [0.2, 0.25) is 0 Å². The summed E-state index contributed by atoms with van der Waals surface area (Å²) in [5.41, 5.74) is 7.44. The number of pyridine rings is 1. The quantitative estimate of drug-likeness (QED) is 0.154. The Morgan fingerprint density at radius 1 is 0.590 bits per heavy atom. The van der Waals surface area contributed by atoms with Crippen LogP contribution in [0.4, 0.5) is 0 Å². The first-order chi connectivity index (χ1) is 34.8. The molecule has 0 spiro atoms. The monoisotopic (exact) mass is 806 g/mol. The smallest absolute Gasteiger partial charge is 0.149 e. The first kappa shape index (κ1) is 26.9. The molecule has 0 radical (unpaired) electrons. The summed E-state index contributed by atoms with van der Waals surface area (Å²) in [6.45, 7) is 4.56. The zero-order valence-corrected chi connectivity index (χ0v) is 34.8. The van der Waals surface area contributed by atoms with Crippen molar-refractivity contribution in [3.8, 4) is 78.6 Å². The lowest BCUT2D eigenvalue weighted by atomic mass is 9.83. The Balaban J connectivity index is 1.38. The fraction of sp³-hybridized carbons (Fsp3) is 0.158. The van der Waals surface area contributed by atoms with Crippen LogP contribution in [0.1, 0.15) is 66.4 Å². The number of nitrogens with zero attached hydrogens (tertiary/aromatic N) is 3. The number of fused-ring (bicyclic) bond motifs is 1. The third-order valence-corrected chi connectivity index (χ3v) is 10.9. The maximum atomic E-state index is 9.59. The summed E-state index contributed by atoms with van der Waals surface area (Å²) in [4.78, 5) is 9.98. The third-order valence-electron chi connectivity index (χ3n) is 10.9. The summed E-state index contributed by atoms with van der Waals surface area (Å²) in [5, 5.41) is 0. The van der Waals surface area contributed by atoms with Crippen LogP contribution in [0.3, 0.4) is 0 Å². The van der Waals surface area contributed by atoms with Crippen molar-refractivity contribution in [1.82, 2.24) is 14.5 Å². The Morgan fingerprint density at radius 3 is 2.00 bits per heavy atom. The van der Waals surface area contributed by atoms with Crippen molar-refractivity contribution in [3.63, 3.8) is 0 Å². The summed E-state index contributed by atoms with van der Waals surface area (Å²) in [7, 11) is 1.61. The summed E-state index contributed by atoms with van der Waals surface area (Å²) in [6.07, 6.45) is -0.591. The zero-order valence-electron chi connectivity index (χ0n) is 47.8. The Kier molecular flexibility index (Phi) is 7.00. The maximum Gasteiger partial charge on any atom is 0.149 e. The van der Waals surface area contributed by atoms with Gasteiger partial charge in [-0.1, -0.05) is 135 Å². The fourth-order valence-electron chi connectivity index (χ4n) is 8.00. The lowest BCUT2D eigenvalue weighted by Gasteiger charge is -2.22. The van der Waals surface area contributed by atoms with Crippen molar-refractivity contribution in [2.45, 2.75) is 53.7 Å². The molecule has 0 amide bonds. The summed E-state index contributed by atoms with van der Waals surface area (Å²) < 4.78 is 121. The molecule has 0 unspecified atom stereocenters. The molecule has 0 fully saturated rings. The lowest BCUT2D eigenvalue weighted by Crippen LogP contribution is -2.11. The zero-order chi connectivity index (χ0) is 53.5. The largest absolute Gasteiger partial charge is 0.496 e. The van der Waals surface area contributed by atoms with Crippen LogP contribution in [0.25, 0.3) is 83.9 Å². The van der Waals surface area contributed by atoms with Crippen LogP contribution in [-0.4, -0.2) is 21.6 Å². The molecule has 0 saturated heterocycles. The molecule has 9 rings (SSSR count). The average molecular weight is 807 g/mol. The number of aromatic nitrogens is 3. The van der Waals surface area contributed by atoms with Crippen molar-refractivity contribution in [1.29, 1.82) is 0 Å². The number of hydrogen-bond donors (Lipinski definition) is 0. The number of para-hydroxylation sites is 1. The highest BCUT2D eigenvalue weighted by atomic mass is 16.5. The summed E-state index contributed by atoms with van der Waals surface area (Å²) in [6, 6.07) is 34.0. The van der Waals surface area contributed by atoms with E-state index in [4.69, 9.17) is 26.2 Å². The van der Waals surface area contributed by atoms with Crippen molar-refractivity contribution < 1.29 is 22.6 Å². The highest BCUT2D eigenvalue weighted by Crippen LogP contribution is 2.44. The van der Waals surface area contributed by atoms with Gasteiger partial charge < -0.3 is 4.74 Å². The van der Waals surface area contributed by atoms with Gasteiger partial charge in [0.15, 0.2) is 0 Å². The molecular formula is C57H51N3O. The first-order valence-corrected chi connectivity index (χ1v) is 20.0. The van der Waals surface area contributed by atoms with E-state index < -0.39 is 78.2 Å². The molecule has 300 valence electrons. The van der Waals surface area contributed by atoms with Gasteiger partial charge in [0.25, 0.3) is 0 Å². The number of ether oxygens (including phenoxy) is 1. The molecule has 61 heavy (non-hydrogen) atoms. The van der Waals surface area contributed by atoms with E-state index in [0.717, 1.165) is 22.3 Å². The van der Waals surface area contributed by atoms with Crippen molar-refractivity contribution >= 4 is 11.0 Å². The SMILES string of the molecule is [2H]c1nc(-c2cc(-c3cccc4c3nc(-c3cc(C)cc(C)c3OC)n4-c3cc(-c4ccccc4)c(C([2H])([2H])[2H])cc3-c3ccccc3)cc(C(C)(C)C)c2)c([2H])c(-c2c([2H])c([2H])c(C([2H])([2H])[2H])c([2H])c2[2H])c1[2H]. The van der Waals surface area contributed by atoms with Crippen LogP contribution in [0.5, 0.6) is 5.75 Å². The van der Waals surface area contributed by atoms with E-state index in [1.54, 1.807) is 19.2 Å². The molecule has 9 aromatic rings. The van der Waals surface area contributed by atoms with E-state index in [2.05, 4.69) is 4.98 Å². The first-order valence-electron chi connectivity index (χ1n) is 26.5. The van der Waals surface area contributed by atoms with Crippen molar-refractivity contribution in [2.24, 2.45) is 0 Å². The predicted molar refractivity (Wildman–Crippen MR) is 256 cm³/mol. The van der Waals surface area contributed by atoms with Gasteiger partial charge in [0, 0.05) is 31.1 Å². The molecule has 7 aromatic carbocycles. The molecule has 0 aliphatic rings. The number of benzene rings is 7. The minimum atomic E-state index is -2.98. The highest BCUT2D eigenvalue weighted by molar-refractivity contribution is 5.98. The van der Waals surface area contributed by atoms with E-state index >= 15 is 0 Å². The van der Waals surface area contributed by atoms with Gasteiger partial charge in [0.05, 0.1) is 44.7 Å². The minimum Gasteiger partial charge on any atom is -0.496 e. The number of aryl methyl sites for hydroxylation is 3. The van der Waals surface area contributed by atoms with Crippen molar-refractivity contribution in [2.75, 3.05) is 7.11 Å². The molecule has 0 bridgehead atoms. The molecule has 2 aromatic heterocycles. The Hall–Kier alpha value is -7.04. The molecule has 0 aliphatic heterocycles. The number of rotatable bonds is 8. The minimum absolute atomic E-state index is 0.0706. The van der Waals surface area contributed by atoms with E-state index in [0.29, 0.717) is 67.2 Å². The van der Waals surface area contributed by atoms with Gasteiger partial charge in [-0.3, -0.25) is 9.55 Å². The Morgan fingerprint density at radius 2 is 1.31 bits per heavy atom. The topological polar surface area (TPSA) is 39.9 Å². The average Bonchev–Trinajstić information content (AvgIpc) is 3.74. The standard InChI is InChI=1S/C57H51N3O/c1-36-22-24-40(25-23-36)43-26-27-58-51(34-43)45-31-44(32-46(33-45)57(5,6)7)47-20-15-21-52-54(47)59-56(50-29-37(2)28-39(4)55(50)61-8)60(52)53-35-48(41-16-11-9-12-17-41)38(3)30-49(53)42-18-13-10-14-19-42/h9-35H,1-8H3/i1D3,3D3,22D,23D,24D,25D,26D,27D,34D. The molecule has 0 atom stereocenters. The van der Waals surface area contributed by atoms with Gasteiger partial charge in [0.1, 0.15) is 11.6 Å². The van der Waals surface area contributed by atoms with Gasteiger partial charge >= 0.3 is 0 Å². The van der Waals surface area contributed by atoms with Gasteiger partial charge in [0.2, 0.25) is 0 Å². The number of hydrogen-bond acceptors (Lipinski definition) is 3. The van der Waals surface area contributed by atoms with Crippen LogP contribution in [0.15, 0.2) is 164 Å². The second-order valence-corrected chi connectivity index (χ2v) is 16.2. The third kappa shape index (κ3) is 7.55. The summed E-state index contributed by atoms with van der Waals surface area (Å²) in [5.74, 6) is 1.10. The number of imidazole rings is 1. The van der Waals surface area contributed by atoms with Crippen LogP contribution in [-0.2, 0) is 5.41 Å². The fourth-order valence-corrected chi connectivity index (χ4v) is 8.00. The van der Waals surface area contributed by atoms with Gasteiger partial charge in [-0.15, -0.1) is 0 Å². The molecule has 2 heterocycles. The molecule has 4 heteroatoms. The maximum absolute atomic E-state index is 9.59. The summed E-state index contributed by atoms with van der Waals surface area (Å²) >= 11 is 0. The molecule has 0 N–H and O–H groups in total. The second kappa shape index (κ2) is 15.9.